The van der Waals surface area contributed by atoms with Crippen LogP contribution in [0.3, 0.4) is 0 Å². The number of nitrogen functional groups attached to an aromatic ring is 1. The Morgan fingerprint density at radius 1 is 1.29 bits per heavy atom. The van der Waals surface area contributed by atoms with Crippen LogP contribution < -0.4 is 21.1 Å². The lowest BCUT2D eigenvalue weighted by Gasteiger charge is -2.14. The smallest absolute Gasteiger partial charge is 0.341 e. The van der Waals surface area contributed by atoms with Gasteiger partial charge in [-0.25, -0.2) is 9.59 Å². The first-order chi connectivity index (χ1) is 9.88. The molecule has 8 heteroatoms. The molecule has 0 saturated heterocycles. The first-order valence-corrected chi connectivity index (χ1v) is 6.06. The number of carbonyl (C=O) groups is 3. The number of esters is 1. The van der Waals surface area contributed by atoms with Gasteiger partial charge in [0, 0.05) is 12.7 Å². The van der Waals surface area contributed by atoms with E-state index in [2.05, 4.69) is 5.32 Å². The summed E-state index contributed by atoms with van der Waals surface area (Å²) >= 11 is 0. The van der Waals surface area contributed by atoms with Crippen LogP contribution in [0.4, 0.5) is 10.5 Å². The molecular weight excluding hydrogens is 278 g/mol. The molecule has 1 aromatic carbocycles. The minimum Gasteiger partial charge on any atom is -0.497 e. The molecule has 21 heavy (non-hydrogen) atoms. The quantitative estimate of drug-likeness (QED) is 0.542. The number of benzene rings is 1. The van der Waals surface area contributed by atoms with E-state index in [1.54, 1.807) is 6.07 Å². The van der Waals surface area contributed by atoms with Crippen LogP contribution in [0.2, 0.25) is 0 Å². The number of anilines is 1. The molecule has 0 fully saturated rings. The number of rotatable bonds is 4. The van der Waals surface area contributed by atoms with Gasteiger partial charge in [0.2, 0.25) is 0 Å². The Morgan fingerprint density at radius 2 is 1.95 bits per heavy atom. The third-order valence-electron chi connectivity index (χ3n) is 2.60. The maximum atomic E-state index is 12.0. The highest BCUT2D eigenvalue weighted by molar-refractivity contribution is 6.00. The minimum absolute atomic E-state index is 0.0777. The van der Waals surface area contributed by atoms with Crippen molar-refractivity contribution in [2.24, 2.45) is 0 Å². The van der Waals surface area contributed by atoms with Crippen molar-refractivity contribution in [2.75, 3.05) is 19.9 Å². The predicted octanol–water partition coefficient (Wildman–Crippen LogP) is 0.278. The second-order valence-corrected chi connectivity index (χ2v) is 4.07. The molecule has 0 aliphatic carbocycles. The number of methoxy groups -OCH3 is 1. The van der Waals surface area contributed by atoms with E-state index in [4.69, 9.17) is 15.2 Å². The number of imide groups is 1. The summed E-state index contributed by atoms with van der Waals surface area (Å²) in [4.78, 5) is 34.5. The van der Waals surface area contributed by atoms with E-state index in [9.17, 15) is 14.4 Å². The normalized spacial score (nSPS) is 11.2. The summed E-state index contributed by atoms with van der Waals surface area (Å²) in [5.74, 6) is -1.10. The van der Waals surface area contributed by atoms with Gasteiger partial charge < -0.3 is 20.5 Å². The van der Waals surface area contributed by atoms with Crippen molar-refractivity contribution in [2.45, 2.75) is 13.0 Å². The largest absolute Gasteiger partial charge is 0.497 e. The molecule has 114 valence electrons. The monoisotopic (exact) mass is 295 g/mol. The van der Waals surface area contributed by atoms with Crippen molar-refractivity contribution in [1.82, 2.24) is 10.6 Å². The number of nitrogens with one attached hydrogen (secondary N) is 2. The second-order valence-electron chi connectivity index (χ2n) is 4.07. The predicted molar refractivity (Wildman–Crippen MR) is 74.9 cm³/mol. The third-order valence-corrected chi connectivity index (χ3v) is 2.60. The number of nitrogens with two attached hydrogens (primary N) is 1. The summed E-state index contributed by atoms with van der Waals surface area (Å²) in [5.41, 5.74) is 5.95. The maximum Gasteiger partial charge on any atom is 0.341 e. The zero-order chi connectivity index (χ0) is 16.0. The van der Waals surface area contributed by atoms with Gasteiger partial charge in [-0.15, -0.1) is 0 Å². The van der Waals surface area contributed by atoms with Crippen LogP contribution in [0.15, 0.2) is 18.2 Å². The lowest BCUT2D eigenvalue weighted by atomic mass is 10.1. The van der Waals surface area contributed by atoms with Crippen LogP contribution >= 0.6 is 0 Å². The van der Waals surface area contributed by atoms with Gasteiger partial charge in [-0.3, -0.25) is 10.1 Å². The van der Waals surface area contributed by atoms with Gasteiger partial charge in [-0.2, -0.15) is 0 Å². The van der Waals surface area contributed by atoms with Crippen LogP contribution in [0.1, 0.15) is 17.3 Å². The van der Waals surface area contributed by atoms with Crippen molar-refractivity contribution in [1.29, 1.82) is 0 Å². The molecule has 1 unspecified atom stereocenters. The first kappa shape index (κ1) is 16.3. The van der Waals surface area contributed by atoms with Gasteiger partial charge >= 0.3 is 12.0 Å². The van der Waals surface area contributed by atoms with Crippen molar-refractivity contribution in [3.63, 3.8) is 0 Å². The number of carbonyl (C=O) groups excluding carboxylic acids is 3. The topological polar surface area (TPSA) is 120 Å². The van der Waals surface area contributed by atoms with E-state index in [0.717, 1.165) is 0 Å². The van der Waals surface area contributed by atoms with Crippen LogP contribution in [0.25, 0.3) is 0 Å². The number of urea groups is 1. The summed E-state index contributed by atoms with van der Waals surface area (Å²) in [6, 6.07) is 3.79. The highest BCUT2D eigenvalue weighted by atomic mass is 16.5. The molecule has 0 aliphatic rings. The lowest BCUT2D eigenvalue weighted by Crippen LogP contribution is -2.43. The Balaban J connectivity index is 2.76. The zero-order valence-corrected chi connectivity index (χ0v) is 11.9. The van der Waals surface area contributed by atoms with Gasteiger partial charge in [0.25, 0.3) is 5.91 Å². The van der Waals surface area contributed by atoms with Crippen LogP contribution in [0.5, 0.6) is 5.75 Å². The number of ether oxygens (including phenoxy) is 2. The van der Waals surface area contributed by atoms with E-state index in [1.165, 1.54) is 33.2 Å². The van der Waals surface area contributed by atoms with Crippen LogP contribution in [-0.4, -0.2) is 38.2 Å². The molecule has 8 nitrogen and oxygen atoms in total. The molecule has 1 rings (SSSR count). The molecule has 0 aliphatic heterocycles. The summed E-state index contributed by atoms with van der Waals surface area (Å²) in [6.07, 6.45) is -1.15. The van der Waals surface area contributed by atoms with Crippen LogP contribution in [0, 0.1) is 0 Å². The van der Waals surface area contributed by atoms with Crippen molar-refractivity contribution >= 4 is 23.6 Å². The third kappa shape index (κ3) is 4.37. The lowest BCUT2D eigenvalue weighted by molar-refractivity contribution is -0.127. The van der Waals surface area contributed by atoms with Gasteiger partial charge in [0.05, 0.1) is 12.7 Å². The average Bonchev–Trinajstić information content (AvgIpc) is 2.47. The Labute approximate surface area is 121 Å². The zero-order valence-electron chi connectivity index (χ0n) is 11.9. The molecule has 0 spiro atoms. The fraction of sp³-hybridized carbons (Fsp3) is 0.308. The van der Waals surface area contributed by atoms with Crippen molar-refractivity contribution in [3.05, 3.63) is 23.8 Å². The Kier molecular flexibility index (Phi) is 5.53. The summed E-state index contributed by atoms with van der Waals surface area (Å²) < 4.78 is 9.94. The molecule has 1 aromatic rings. The maximum absolute atomic E-state index is 12.0. The molecule has 0 radical (unpaired) electrons. The molecule has 4 N–H and O–H groups in total. The van der Waals surface area contributed by atoms with Gasteiger partial charge in [0.1, 0.15) is 5.75 Å². The SMILES string of the molecule is CNC(=O)NC(=O)C(C)OC(=O)c1cc(OC)ccc1N. The number of hydrogen-bond acceptors (Lipinski definition) is 6. The van der Waals surface area contributed by atoms with Gasteiger partial charge in [0.15, 0.2) is 6.10 Å². The fourth-order valence-electron chi connectivity index (χ4n) is 1.39. The summed E-state index contributed by atoms with van der Waals surface area (Å²) in [7, 11) is 2.80. The summed E-state index contributed by atoms with van der Waals surface area (Å²) in [5, 5.41) is 4.21. The molecule has 1 atom stereocenters. The molecule has 0 saturated carbocycles. The van der Waals surface area contributed by atoms with E-state index in [1.807, 2.05) is 5.32 Å². The number of hydrogen-bond donors (Lipinski definition) is 3. The minimum atomic E-state index is -1.15. The fourth-order valence-corrected chi connectivity index (χ4v) is 1.39. The Bertz CT molecular complexity index is 559. The van der Waals surface area contributed by atoms with Gasteiger partial charge in [-0.05, 0) is 25.1 Å². The molecule has 0 aromatic heterocycles. The standard InChI is InChI=1S/C13H17N3O5/c1-7(11(17)16-13(19)15-2)21-12(18)9-6-8(20-3)4-5-10(9)14/h4-7H,14H2,1-3H3,(H2,15,16,17,19). The van der Waals surface area contributed by atoms with Gasteiger partial charge in [-0.1, -0.05) is 0 Å². The molecule has 0 bridgehead atoms. The number of amides is 3. The first-order valence-electron chi connectivity index (χ1n) is 6.06. The van der Waals surface area contributed by atoms with E-state index in [-0.39, 0.29) is 11.3 Å². The highest BCUT2D eigenvalue weighted by Gasteiger charge is 2.22. The Morgan fingerprint density at radius 3 is 2.52 bits per heavy atom. The summed E-state index contributed by atoms with van der Waals surface area (Å²) in [6.45, 7) is 1.34. The van der Waals surface area contributed by atoms with Crippen molar-refractivity contribution in [3.8, 4) is 5.75 Å². The Hall–Kier alpha value is -2.77. The van der Waals surface area contributed by atoms with E-state index in [0.29, 0.717) is 5.75 Å². The molecule has 3 amide bonds. The van der Waals surface area contributed by atoms with Crippen LogP contribution in [-0.2, 0) is 9.53 Å². The average molecular weight is 295 g/mol. The molecular formula is C13H17N3O5. The van der Waals surface area contributed by atoms with E-state index >= 15 is 0 Å². The second kappa shape index (κ2) is 7.13. The van der Waals surface area contributed by atoms with E-state index < -0.39 is 24.0 Å². The highest BCUT2D eigenvalue weighted by Crippen LogP contribution is 2.20. The molecule has 0 heterocycles. The van der Waals surface area contributed by atoms with Crippen molar-refractivity contribution < 1.29 is 23.9 Å².